The normalized spacial score (nSPS) is 16.9. The van der Waals surface area contributed by atoms with Crippen LogP contribution < -0.4 is 5.32 Å². The molecule has 0 saturated carbocycles. The predicted octanol–water partition coefficient (Wildman–Crippen LogP) is 3.90. The highest BCUT2D eigenvalue weighted by atomic mass is 32.2. The molecule has 0 bridgehead atoms. The molecule has 0 spiro atoms. The van der Waals surface area contributed by atoms with Crippen LogP contribution in [-0.4, -0.2) is 10.2 Å². The highest BCUT2D eigenvalue weighted by Crippen LogP contribution is 2.30. The first-order valence-electron chi connectivity index (χ1n) is 5.61. The molecule has 0 radical (unpaired) electrons. The van der Waals surface area contributed by atoms with Gasteiger partial charge in [-0.3, -0.25) is 4.79 Å². The van der Waals surface area contributed by atoms with Gasteiger partial charge in [0.2, 0.25) is 0 Å². The first kappa shape index (κ1) is 12.6. The summed E-state index contributed by atoms with van der Waals surface area (Å²) in [4.78, 5) is 13.3. The molecule has 1 aromatic heterocycles. The van der Waals surface area contributed by atoms with Crippen LogP contribution in [0.5, 0.6) is 0 Å². The Balaban J connectivity index is 1.89. The predicted molar refractivity (Wildman–Crippen MR) is 86.1 cm³/mol. The van der Waals surface area contributed by atoms with Crippen molar-refractivity contribution in [3.05, 3.63) is 51.6 Å². The third-order valence-corrected chi connectivity index (χ3v) is 4.68. The van der Waals surface area contributed by atoms with Gasteiger partial charge in [-0.25, -0.2) is 0 Å². The van der Waals surface area contributed by atoms with E-state index < -0.39 is 0 Å². The monoisotopic (exact) mass is 303 g/mol. The molecule has 3 rings (SSSR count). The minimum atomic E-state index is -0.107. The molecular formula is C14H9NOS3. The first-order chi connectivity index (χ1) is 9.22. The highest BCUT2D eigenvalue weighted by molar-refractivity contribution is 8.26. The fourth-order valence-electron chi connectivity index (χ4n) is 1.76. The van der Waals surface area contributed by atoms with Crippen LogP contribution in [0.4, 0.5) is 0 Å². The SMILES string of the molecule is O=C1NC(=S)SC1=Cc1cc(-c2ccccc2)cs1. The zero-order valence-corrected chi connectivity index (χ0v) is 12.2. The smallest absolute Gasteiger partial charge is 0.263 e. The molecule has 1 aliphatic heterocycles. The average Bonchev–Trinajstić information content (AvgIpc) is 2.99. The van der Waals surface area contributed by atoms with Crippen molar-refractivity contribution in [3.63, 3.8) is 0 Å². The van der Waals surface area contributed by atoms with Gasteiger partial charge < -0.3 is 5.32 Å². The number of hydrogen-bond donors (Lipinski definition) is 1. The summed E-state index contributed by atoms with van der Waals surface area (Å²) in [5.74, 6) is -0.107. The topological polar surface area (TPSA) is 29.1 Å². The van der Waals surface area contributed by atoms with Gasteiger partial charge in [0.25, 0.3) is 5.91 Å². The lowest BCUT2D eigenvalue weighted by molar-refractivity contribution is -0.115. The van der Waals surface area contributed by atoms with E-state index >= 15 is 0 Å². The van der Waals surface area contributed by atoms with Crippen LogP contribution in [-0.2, 0) is 4.79 Å². The molecule has 1 saturated heterocycles. The second-order valence-corrected chi connectivity index (χ2v) is 6.62. The van der Waals surface area contributed by atoms with Crippen LogP contribution in [0.3, 0.4) is 0 Å². The lowest BCUT2D eigenvalue weighted by atomic mass is 10.1. The molecule has 1 N–H and O–H groups in total. The lowest BCUT2D eigenvalue weighted by Gasteiger charge is -1.94. The quantitative estimate of drug-likeness (QED) is 0.674. The Labute approximate surface area is 124 Å². The summed E-state index contributed by atoms with van der Waals surface area (Å²) < 4.78 is 0.524. The van der Waals surface area contributed by atoms with Gasteiger partial charge in [-0.15, -0.1) is 11.3 Å². The Morgan fingerprint density at radius 1 is 1.16 bits per heavy atom. The van der Waals surface area contributed by atoms with Crippen LogP contribution in [0.2, 0.25) is 0 Å². The van der Waals surface area contributed by atoms with Crippen LogP contribution in [0.25, 0.3) is 17.2 Å². The van der Waals surface area contributed by atoms with Gasteiger partial charge in [0.15, 0.2) is 0 Å². The minimum Gasteiger partial charge on any atom is -0.307 e. The summed E-state index contributed by atoms with van der Waals surface area (Å²) in [7, 11) is 0. The van der Waals surface area contributed by atoms with Gasteiger partial charge in [0.05, 0.1) is 4.91 Å². The molecular weight excluding hydrogens is 294 g/mol. The molecule has 1 aliphatic rings. The van der Waals surface area contributed by atoms with E-state index in [4.69, 9.17) is 12.2 Å². The number of carbonyl (C=O) groups is 1. The second-order valence-electron chi connectivity index (χ2n) is 3.96. The maximum atomic E-state index is 11.6. The van der Waals surface area contributed by atoms with E-state index in [1.165, 1.54) is 22.9 Å². The van der Waals surface area contributed by atoms with Crippen molar-refractivity contribution in [2.75, 3.05) is 0 Å². The fraction of sp³-hybridized carbons (Fsp3) is 0. The van der Waals surface area contributed by atoms with Crippen LogP contribution in [0.1, 0.15) is 4.88 Å². The van der Waals surface area contributed by atoms with Crippen molar-refractivity contribution in [3.8, 4) is 11.1 Å². The van der Waals surface area contributed by atoms with E-state index in [0.717, 1.165) is 4.88 Å². The Morgan fingerprint density at radius 2 is 1.95 bits per heavy atom. The van der Waals surface area contributed by atoms with Gasteiger partial charge in [0.1, 0.15) is 4.32 Å². The van der Waals surface area contributed by atoms with Gasteiger partial charge in [0, 0.05) is 4.88 Å². The van der Waals surface area contributed by atoms with E-state index in [-0.39, 0.29) is 5.91 Å². The molecule has 2 aromatic rings. The summed E-state index contributed by atoms with van der Waals surface area (Å²) in [6.07, 6.45) is 1.89. The molecule has 19 heavy (non-hydrogen) atoms. The van der Waals surface area contributed by atoms with Gasteiger partial charge >= 0.3 is 0 Å². The maximum absolute atomic E-state index is 11.6. The Kier molecular flexibility index (Phi) is 3.50. The number of thiocarbonyl (C=S) groups is 1. The van der Waals surface area contributed by atoms with E-state index in [1.54, 1.807) is 11.3 Å². The van der Waals surface area contributed by atoms with E-state index in [0.29, 0.717) is 9.23 Å². The van der Waals surface area contributed by atoms with Crippen LogP contribution in [0, 0.1) is 0 Å². The lowest BCUT2D eigenvalue weighted by Crippen LogP contribution is -2.17. The van der Waals surface area contributed by atoms with Crippen molar-refractivity contribution >= 4 is 51.6 Å². The standard InChI is InChI=1S/C14H9NOS3/c16-13-12(19-14(17)15-13)7-11-6-10(8-18-11)9-4-2-1-3-5-9/h1-8H,(H,15,16,17). The fourth-order valence-corrected chi connectivity index (χ4v) is 3.72. The van der Waals surface area contributed by atoms with Crippen LogP contribution in [0.15, 0.2) is 46.7 Å². The molecule has 5 heteroatoms. The number of benzene rings is 1. The molecule has 2 heterocycles. The van der Waals surface area contributed by atoms with Crippen LogP contribution >= 0.6 is 35.3 Å². The van der Waals surface area contributed by atoms with E-state index in [2.05, 4.69) is 28.9 Å². The summed E-state index contributed by atoms with van der Waals surface area (Å²) in [5.41, 5.74) is 2.35. The third kappa shape index (κ3) is 2.78. The number of hydrogen-bond acceptors (Lipinski definition) is 4. The summed E-state index contributed by atoms with van der Waals surface area (Å²) >= 11 is 7.90. The number of amides is 1. The largest absolute Gasteiger partial charge is 0.307 e. The number of thiophene rings is 1. The molecule has 1 fully saturated rings. The Morgan fingerprint density at radius 3 is 2.63 bits per heavy atom. The number of nitrogens with one attached hydrogen (secondary N) is 1. The summed E-state index contributed by atoms with van der Waals surface area (Å²) in [6.45, 7) is 0. The highest BCUT2D eigenvalue weighted by Gasteiger charge is 2.22. The number of rotatable bonds is 2. The zero-order chi connectivity index (χ0) is 13.2. The first-order valence-corrected chi connectivity index (χ1v) is 7.71. The number of carbonyl (C=O) groups excluding carboxylic acids is 1. The minimum absolute atomic E-state index is 0.107. The Hall–Kier alpha value is -1.43. The van der Waals surface area contributed by atoms with E-state index in [9.17, 15) is 4.79 Å². The molecule has 94 valence electrons. The number of thioether (sulfide) groups is 1. The molecule has 0 atom stereocenters. The molecule has 1 aromatic carbocycles. The average molecular weight is 303 g/mol. The van der Waals surface area contributed by atoms with Gasteiger partial charge in [-0.05, 0) is 28.6 Å². The van der Waals surface area contributed by atoms with Crippen molar-refractivity contribution in [2.24, 2.45) is 0 Å². The maximum Gasteiger partial charge on any atom is 0.263 e. The van der Waals surface area contributed by atoms with Crippen molar-refractivity contribution in [2.45, 2.75) is 0 Å². The summed E-state index contributed by atoms with van der Waals surface area (Å²) in [5, 5.41) is 4.71. The molecule has 0 unspecified atom stereocenters. The molecule has 2 nitrogen and oxygen atoms in total. The second kappa shape index (κ2) is 5.28. The van der Waals surface area contributed by atoms with Gasteiger partial charge in [-0.1, -0.05) is 54.3 Å². The molecule has 0 aliphatic carbocycles. The zero-order valence-electron chi connectivity index (χ0n) is 9.75. The third-order valence-electron chi connectivity index (χ3n) is 2.64. The van der Waals surface area contributed by atoms with Crippen molar-refractivity contribution in [1.82, 2.24) is 5.32 Å². The van der Waals surface area contributed by atoms with E-state index in [1.807, 2.05) is 24.3 Å². The summed E-state index contributed by atoms with van der Waals surface area (Å²) in [6, 6.07) is 12.3. The Bertz CT molecular complexity index is 673. The van der Waals surface area contributed by atoms with Gasteiger partial charge in [-0.2, -0.15) is 0 Å². The van der Waals surface area contributed by atoms with Crippen molar-refractivity contribution < 1.29 is 4.79 Å². The molecule has 1 amide bonds. The van der Waals surface area contributed by atoms with Crippen molar-refractivity contribution in [1.29, 1.82) is 0 Å².